The molecule has 30 heavy (non-hydrogen) atoms. The molecule has 2 aromatic heterocycles. The van der Waals surface area contributed by atoms with Crippen LogP contribution in [-0.4, -0.2) is 26.4 Å². The number of aryl methyl sites for hydroxylation is 1. The molecule has 1 amide bonds. The number of aromatic nitrogens is 3. The van der Waals surface area contributed by atoms with Gasteiger partial charge in [-0.15, -0.1) is 16.8 Å². The fourth-order valence-electron chi connectivity index (χ4n) is 3.05. The third kappa shape index (κ3) is 4.42. The van der Waals surface area contributed by atoms with Gasteiger partial charge in [0.05, 0.1) is 5.75 Å². The minimum absolute atomic E-state index is 0.112. The third-order valence-corrected chi connectivity index (χ3v) is 5.56. The lowest BCUT2D eigenvalue weighted by atomic mass is 10.2. The van der Waals surface area contributed by atoms with Gasteiger partial charge in [-0.3, -0.25) is 9.36 Å². The van der Waals surface area contributed by atoms with E-state index in [1.807, 2.05) is 54.0 Å². The number of benzene rings is 2. The van der Waals surface area contributed by atoms with Gasteiger partial charge < -0.3 is 9.73 Å². The minimum Gasteiger partial charge on any atom is -0.453 e. The average Bonchev–Trinajstić information content (AvgIpc) is 3.30. The molecule has 4 aromatic rings. The number of nitrogens with zero attached hydrogens (tertiary/aromatic N) is 3. The highest BCUT2D eigenvalue weighted by atomic mass is 35.5. The smallest absolute Gasteiger partial charge is 0.234 e. The van der Waals surface area contributed by atoms with Gasteiger partial charge in [-0.05, 0) is 48.9 Å². The number of carbonyl (C=O) groups is 1. The van der Waals surface area contributed by atoms with Crippen molar-refractivity contribution in [2.75, 3.05) is 11.1 Å². The van der Waals surface area contributed by atoms with E-state index in [0.717, 1.165) is 16.6 Å². The zero-order valence-corrected chi connectivity index (χ0v) is 17.8. The summed E-state index contributed by atoms with van der Waals surface area (Å²) in [6.07, 6.45) is 1.75. The fourth-order valence-corrected chi connectivity index (χ4v) is 3.97. The molecule has 8 heteroatoms. The van der Waals surface area contributed by atoms with Crippen molar-refractivity contribution in [2.24, 2.45) is 0 Å². The first-order chi connectivity index (χ1) is 14.5. The van der Waals surface area contributed by atoms with Crippen LogP contribution in [0.1, 0.15) is 5.56 Å². The van der Waals surface area contributed by atoms with E-state index in [2.05, 4.69) is 22.1 Å². The van der Waals surface area contributed by atoms with E-state index >= 15 is 0 Å². The number of amides is 1. The summed E-state index contributed by atoms with van der Waals surface area (Å²) in [7, 11) is 0. The summed E-state index contributed by atoms with van der Waals surface area (Å²) in [5, 5.41) is 13.6. The minimum atomic E-state index is -0.112. The van der Waals surface area contributed by atoms with Gasteiger partial charge in [0, 0.05) is 22.6 Å². The van der Waals surface area contributed by atoms with Crippen LogP contribution in [0.15, 0.2) is 70.8 Å². The number of hydrogen-bond acceptors (Lipinski definition) is 5. The second kappa shape index (κ2) is 8.77. The highest BCUT2D eigenvalue weighted by Crippen LogP contribution is 2.30. The number of fused-ring (bicyclic) bond motifs is 1. The second-order valence-corrected chi connectivity index (χ2v) is 8.08. The summed E-state index contributed by atoms with van der Waals surface area (Å²) < 4.78 is 7.79. The van der Waals surface area contributed by atoms with Crippen LogP contribution in [0.4, 0.5) is 5.69 Å². The van der Waals surface area contributed by atoms with Crippen molar-refractivity contribution in [1.82, 2.24) is 14.8 Å². The lowest BCUT2D eigenvalue weighted by molar-refractivity contribution is -0.113. The van der Waals surface area contributed by atoms with Gasteiger partial charge in [-0.2, -0.15) is 0 Å². The van der Waals surface area contributed by atoms with Gasteiger partial charge in [0.15, 0.2) is 10.9 Å². The average molecular weight is 439 g/mol. The van der Waals surface area contributed by atoms with Gasteiger partial charge in [-0.25, -0.2) is 0 Å². The van der Waals surface area contributed by atoms with Crippen molar-refractivity contribution in [3.05, 3.63) is 71.8 Å². The molecule has 0 bridgehead atoms. The molecule has 2 aromatic carbocycles. The molecule has 2 heterocycles. The number of furan rings is 1. The molecule has 0 saturated heterocycles. The summed E-state index contributed by atoms with van der Waals surface area (Å²) in [5.74, 6) is 1.25. The van der Waals surface area contributed by atoms with Crippen molar-refractivity contribution in [3.8, 4) is 11.6 Å². The van der Waals surface area contributed by atoms with Gasteiger partial charge in [-0.1, -0.05) is 41.6 Å². The Balaban J connectivity index is 1.53. The van der Waals surface area contributed by atoms with Crippen LogP contribution in [0.3, 0.4) is 0 Å². The van der Waals surface area contributed by atoms with Gasteiger partial charge >= 0.3 is 0 Å². The molecule has 4 rings (SSSR count). The molecule has 0 aliphatic carbocycles. The number of carbonyl (C=O) groups excluding carboxylic acids is 1. The topological polar surface area (TPSA) is 73.0 Å². The lowest BCUT2D eigenvalue weighted by Gasteiger charge is -2.07. The summed E-state index contributed by atoms with van der Waals surface area (Å²) >= 11 is 7.38. The van der Waals surface area contributed by atoms with Gasteiger partial charge in [0.2, 0.25) is 11.7 Å². The molecule has 0 radical (unpaired) electrons. The standard InChI is InChI=1S/C22H19ClN4O2S/c1-3-9-27-21(19-12-15-11-16(23)7-8-18(15)29-19)25-26-22(27)30-13-20(28)24-17-6-4-5-14(2)10-17/h3-8,10-12H,1,9,13H2,2H3,(H,24,28). The number of hydrogen-bond donors (Lipinski definition) is 1. The first kappa shape index (κ1) is 20.3. The summed E-state index contributed by atoms with van der Waals surface area (Å²) in [6.45, 7) is 6.28. The van der Waals surface area contributed by atoms with Crippen molar-refractivity contribution in [3.63, 3.8) is 0 Å². The van der Waals surface area contributed by atoms with Crippen LogP contribution in [0.25, 0.3) is 22.6 Å². The van der Waals surface area contributed by atoms with E-state index in [1.54, 1.807) is 12.1 Å². The molecule has 1 N–H and O–H groups in total. The number of halogens is 1. The van der Waals surface area contributed by atoms with Crippen LogP contribution in [0.2, 0.25) is 5.02 Å². The molecule has 0 spiro atoms. The van der Waals surface area contributed by atoms with Crippen LogP contribution in [-0.2, 0) is 11.3 Å². The Kier molecular flexibility index (Phi) is 5.92. The molecule has 152 valence electrons. The lowest BCUT2D eigenvalue weighted by Crippen LogP contribution is -2.14. The van der Waals surface area contributed by atoms with E-state index < -0.39 is 0 Å². The van der Waals surface area contributed by atoms with Crippen molar-refractivity contribution in [1.29, 1.82) is 0 Å². The quantitative estimate of drug-likeness (QED) is 0.301. The Hall–Kier alpha value is -3.03. The molecule has 0 unspecified atom stereocenters. The van der Waals surface area contributed by atoms with Crippen molar-refractivity contribution >= 4 is 45.9 Å². The zero-order valence-electron chi connectivity index (χ0n) is 16.3. The highest BCUT2D eigenvalue weighted by Gasteiger charge is 2.18. The Morgan fingerprint density at radius 3 is 2.93 bits per heavy atom. The number of nitrogens with one attached hydrogen (secondary N) is 1. The third-order valence-electron chi connectivity index (χ3n) is 4.36. The maximum atomic E-state index is 12.4. The molecule has 0 fully saturated rings. The maximum absolute atomic E-state index is 12.4. The first-order valence-corrected chi connectivity index (χ1v) is 10.6. The largest absolute Gasteiger partial charge is 0.453 e. The van der Waals surface area contributed by atoms with E-state index in [4.69, 9.17) is 16.0 Å². The number of thioether (sulfide) groups is 1. The Labute approximate surface area is 182 Å². The van der Waals surface area contributed by atoms with E-state index in [1.165, 1.54) is 11.8 Å². The molecule has 6 nitrogen and oxygen atoms in total. The van der Waals surface area contributed by atoms with E-state index in [9.17, 15) is 4.79 Å². The van der Waals surface area contributed by atoms with Gasteiger partial charge in [0.25, 0.3) is 0 Å². The van der Waals surface area contributed by atoms with Crippen molar-refractivity contribution < 1.29 is 9.21 Å². The summed E-state index contributed by atoms with van der Waals surface area (Å²) in [5.41, 5.74) is 2.58. The number of rotatable bonds is 7. The molecule has 0 aliphatic heterocycles. The van der Waals surface area contributed by atoms with Crippen LogP contribution in [0, 0.1) is 6.92 Å². The second-order valence-electron chi connectivity index (χ2n) is 6.70. The Morgan fingerprint density at radius 2 is 2.13 bits per heavy atom. The number of allylic oxidation sites excluding steroid dienone is 1. The Bertz CT molecular complexity index is 1230. The molecule has 0 saturated carbocycles. The van der Waals surface area contributed by atoms with Crippen LogP contribution < -0.4 is 5.32 Å². The van der Waals surface area contributed by atoms with Gasteiger partial charge in [0.1, 0.15) is 5.58 Å². The predicted octanol–water partition coefficient (Wildman–Crippen LogP) is 5.57. The first-order valence-electron chi connectivity index (χ1n) is 9.26. The maximum Gasteiger partial charge on any atom is 0.234 e. The summed E-state index contributed by atoms with van der Waals surface area (Å²) in [4.78, 5) is 12.4. The van der Waals surface area contributed by atoms with E-state index in [0.29, 0.717) is 33.9 Å². The Morgan fingerprint density at radius 1 is 1.27 bits per heavy atom. The monoisotopic (exact) mass is 438 g/mol. The molecule has 0 atom stereocenters. The molecular weight excluding hydrogens is 420 g/mol. The predicted molar refractivity (Wildman–Crippen MR) is 121 cm³/mol. The normalized spacial score (nSPS) is 11.0. The van der Waals surface area contributed by atoms with Crippen molar-refractivity contribution in [2.45, 2.75) is 18.6 Å². The molecule has 0 aliphatic rings. The molecular formula is C22H19ClN4O2S. The number of anilines is 1. The summed E-state index contributed by atoms with van der Waals surface area (Å²) in [6, 6.07) is 15.0. The van der Waals surface area contributed by atoms with Crippen LogP contribution >= 0.6 is 23.4 Å². The van der Waals surface area contributed by atoms with E-state index in [-0.39, 0.29) is 11.7 Å². The SMILES string of the molecule is C=CCn1c(SCC(=O)Nc2cccc(C)c2)nnc1-c1cc2cc(Cl)ccc2o1. The highest BCUT2D eigenvalue weighted by molar-refractivity contribution is 7.99. The van der Waals surface area contributed by atoms with Crippen LogP contribution in [0.5, 0.6) is 0 Å². The fraction of sp³-hybridized carbons (Fsp3) is 0.136. The zero-order chi connectivity index (χ0) is 21.1.